The topological polar surface area (TPSA) is 100 Å². The zero-order valence-electron chi connectivity index (χ0n) is 17.6. The molecule has 1 aliphatic heterocycles. The van der Waals surface area contributed by atoms with Crippen LogP contribution in [0.25, 0.3) is 11.1 Å². The summed E-state index contributed by atoms with van der Waals surface area (Å²) in [7, 11) is 3.27. The number of oxazole rings is 1. The fourth-order valence-electron chi connectivity index (χ4n) is 3.82. The van der Waals surface area contributed by atoms with Gasteiger partial charge in [-0.05, 0) is 18.2 Å². The van der Waals surface area contributed by atoms with Gasteiger partial charge in [-0.3, -0.25) is 14.7 Å². The van der Waals surface area contributed by atoms with Gasteiger partial charge in [0.15, 0.2) is 17.1 Å². The first-order valence-electron chi connectivity index (χ1n) is 10.1. The third-order valence-electron chi connectivity index (χ3n) is 5.43. The van der Waals surface area contributed by atoms with Gasteiger partial charge in [-0.2, -0.15) is 0 Å². The van der Waals surface area contributed by atoms with Gasteiger partial charge in [-0.25, -0.2) is 4.79 Å². The van der Waals surface area contributed by atoms with E-state index in [1.165, 1.54) is 5.70 Å². The monoisotopic (exact) mass is 426 g/mol. The number of carbonyl (C=O) groups is 1. The third-order valence-corrected chi connectivity index (χ3v) is 5.43. The first-order valence-corrected chi connectivity index (χ1v) is 10.1. The number of aromatic amines is 1. The molecule has 4 rings (SSSR count). The number of amides is 1. The van der Waals surface area contributed by atoms with Gasteiger partial charge in [-0.15, -0.1) is 0 Å². The number of ether oxygens (including phenoxy) is 2. The molecule has 1 aromatic heterocycles. The van der Waals surface area contributed by atoms with Crippen molar-refractivity contribution in [3.05, 3.63) is 64.2 Å². The highest BCUT2D eigenvalue weighted by Crippen LogP contribution is 2.22. The van der Waals surface area contributed by atoms with Crippen LogP contribution in [0, 0.1) is 0 Å². The summed E-state index contributed by atoms with van der Waals surface area (Å²) in [6.45, 7) is 3.52. The normalized spacial score (nSPS) is 17.5. The molecule has 0 spiro atoms. The molecule has 2 aromatic rings. The molecule has 164 valence electrons. The number of nitrogens with one attached hydrogen (secondary N) is 2. The van der Waals surface area contributed by atoms with Crippen LogP contribution in [-0.2, 0) is 14.3 Å². The molecule has 0 radical (unpaired) electrons. The number of nitrogens with zero attached hydrogens (tertiary/aromatic N) is 2. The summed E-state index contributed by atoms with van der Waals surface area (Å²) in [5.41, 5.74) is 2.79. The summed E-state index contributed by atoms with van der Waals surface area (Å²) in [6.07, 6.45) is 6.83. The van der Waals surface area contributed by atoms with E-state index in [0.717, 1.165) is 32.6 Å². The van der Waals surface area contributed by atoms with Crippen molar-refractivity contribution in [1.82, 2.24) is 14.8 Å². The molecule has 0 saturated carbocycles. The smallest absolute Gasteiger partial charge is 0.417 e. The number of piperazine rings is 1. The number of allylic oxidation sites excluding steroid dienone is 3. The highest BCUT2D eigenvalue weighted by Gasteiger charge is 2.22. The molecule has 1 aromatic carbocycles. The van der Waals surface area contributed by atoms with E-state index < -0.39 is 5.76 Å². The van der Waals surface area contributed by atoms with E-state index in [2.05, 4.69) is 26.2 Å². The Balaban J connectivity index is 1.32. The molecule has 2 N–H and O–H groups in total. The van der Waals surface area contributed by atoms with Gasteiger partial charge in [0.2, 0.25) is 5.91 Å². The number of aromatic nitrogens is 1. The van der Waals surface area contributed by atoms with Gasteiger partial charge in [0, 0.05) is 56.1 Å². The number of rotatable bonds is 6. The van der Waals surface area contributed by atoms with E-state index in [0.29, 0.717) is 34.9 Å². The fourth-order valence-corrected chi connectivity index (χ4v) is 3.82. The second-order valence-electron chi connectivity index (χ2n) is 7.42. The Labute approximate surface area is 179 Å². The van der Waals surface area contributed by atoms with E-state index in [9.17, 15) is 9.59 Å². The maximum atomic E-state index is 12.5. The van der Waals surface area contributed by atoms with Crippen LogP contribution in [0.2, 0.25) is 0 Å². The lowest BCUT2D eigenvalue weighted by atomic mass is 10.2. The van der Waals surface area contributed by atoms with Gasteiger partial charge in [0.25, 0.3) is 0 Å². The summed E-state index contributed by atoms with van der Waals surface area (Å²) in [6, 6.07) is 5.09. The van der Waals surface area contributed by atoms with Gasteiger partial charge in [0.05, 0.1) is 26.3 Å². The number of hydrogen-bond acceptors (Lipinski definition) is 7. The number of carbonyl (C=O) groups excluding carboxylic acids is 1. The SMILES string of the molecule is COC1=C(OC)C=C(N2CCN(CC(=O)Nc3ccc4[nH]c(=O)oc4c3)CC2)CC=C1. The average molecular weight is 426 g/mol. The van der Waals surface area contributed by atoms with Gasteiger partial charge < -0.3 is 24.1 Å². The Morgan fingerprint density at radius 2 is 1.94 bits per heavy atom. The Morgan fingerprint density at radius 1 is 1.16 bits per heavy atom. The minimum atomic E-state index is -0.512. The van der Waals surface area contributed by atoms with E-state index in [1.54, 1.807) is 32.4 Å². The standard InChI is InChI=1S/C22H26N4O5/c1-29-18-5-3-4-16(13-20(18)30-2)26-10-8-25(9-11-26)14-21(27)23-15-6-7-17-19(12-15)31-22(28)24-17/h3,5-7,12-13H,4,8-11,14H2,1-2H3,(H,23,27)(H,24,28). The number of anilines is 1. The molecule has 1 aliphatic carbocycles. The van der Waals surface area contributed by atoms with Crippen molar-refractivity contribution in [1.29, 1.82) is 0 Å². The quantitative estimate of drug-likeness (QED) is 0.729. The van der Waals surface area contributed by atoms with Crippen LogP contribution in [0.15, 0.2) is 62.9 Å². The Hall–Kier alpha value is -3.46. The van der Waals surface area contributed by atoms with Crippen LogP contribution in [0.1, 0.15) is 6.42 Å². The minimum Gasteiger partial charge on any atom is -0.493 e. The summed E-state index contributed by atoms with van der Waals surface area (Å²) in [5.74, 6) is 0.812. The third kappa shape index (κ3) is 4.83. The molecule has 0 bridgehead atoms. The maximum absolute atomic E-state index is 12.5. The second-order valence-corrected chi connectivity index (χ2v) is 7.42. The van der Waals surface area contributed by atoms with Crippen molar-refractivity contribution < 1.29 is 18.7 Å². The Morgan fingerprint density at radius 3 is 2.68 bits per heavy atom. The van der Waals surface area contributed by atoms with Gasteiger partial charge >= 0.3 is 5.76 Å². The summed E-state index contributed by atoms with van der Waals surface area (Å²) in [4.78, 5) is 30.8. The van der Waals surface area contributed by atoms with Crippen LogP contribution in [0.5, 0.6) is 0 Å². The molecule has 1 saturated heterocycles. The van der Waals surface area contributed by atoms with Crippen LogP contribution in [0.4, 0.5) is 5.69 Å². The van der Waals surface area contributed by atoms with E-state index in [4.69, 9.17) is 13.9 Å². The zero-order chi connectivity index (χ0) is 21.8. The van der Waals surface area contributed by atoms with Crippen LogP contribution in [0.3, 0.4) is 0 Å². The number of benzene rings is 1. The molecule has 2 heterocycles. The number of fused-ring (bicyclic) bond motifs is 1. The van der Waals surface area contributed by atoms with Crippen LogP contribution < -0.4 is 11.1 Å². The average Bonchev–Trinajstić information content (AvgIpc) is 3.00. The fraction of sp³-hybridized carbons (Fsp3) is 0.364. The minimum absolute atomic E-state index is 0.100. The Bertz CT molecular complexity index is 1100. The molecule has 9 heteroatoms. The van der Waals surface area contributed by atoms with Gasteiger partial charge in [0.1, 0.15) is 0 Å². The molecule has 1 fully saturated rings. The molecule has 9 nitrogen and oxygen atoms in total. The largest absolute Gasteiger partial charge is 0.493 e. The first kappa shape index (κ1) is 20.8. The number of methoxy groups -OCH3 is 2. The Kier molecular flexibility index (Phi) is 6.13. The zero-order valence-corrected chi connectivity index (χ0v) is 17.6. The molecule has 31 heavy (non-hydrogen) atoms. The highest BCUT2D eigenvalue weighted by atomic mass is 16.5. The molecule has 0 unspecified atom stereocenters. The molecular weight excluding hydrogens is 400 g/mol. The molecular formula is C22H26N4O5. The summed E-state index contributed by atoms with van der Waals surface area (Å²) >= 11 is 0. The van der Waals surface area contributed by atoms with E-state index in [1.807, 2.05) is 12.2 Å². The maximum Gasteiger partial charge on any atom is 0.417 e. The summed E-state index contributed by atoms with van der Waals surface area (Å²) in [5, 5.41) is 2.87. The lowest BCUT2D eigenvalue weighted by molar-refractivity contribution is -0.117. The molecule has 2 aliphatic rings. The van der Waals surface area contributed by atoms with E-state index >= 15 is 0 Å². The first-order chi connectivity index (χ1) is 15.1. The van der Waals surface area contributed by atoms with Crippen molar-refractivity contribution in [3.8, 4) is 0 Å². The second kappa shape index (κ2) is 9.13. The van der Waals surface area contributed by atoms with Crippen LogP contribution >= 0.6 is 0 Å². The predicted octanol–water partition coefficient (Wildman–Crippen LogP) is 2.03. The van der Waals surface area contributed by atoms with Crippen molar-refractivity contribution in [3.63, 3.8) is 0 Å². The highest BCUT2D eigenvalue weighted by molar-refractivity contribution is 5.94. The molecule has 0 atom stereocenters. The lowest BCUT2D eigenvalue weighted by Gasteiger charge is -2.36. The van der Waals surface area contributed by atoms with Crippen molar-refractivity contribution in [2.45, 2.75) is 6.42 Å². The van der Waals surface area contributed by atoms with Crippen molar-refractivity contribution in [2.75, 3.05) is 52.3 Å². The van der Waals surface area contributed by atoms with Crippen molar-refractivity contribution >= 4 is 22.7 Å². The number of H-pyrrole nitrogens is 1. The van der Waals surface area contributed by atoms with Crippen LogP contribution in [-0.4, -0.2) is 67.6 Å². The summed E-state index contributed by atoms with van der Waals surface area (Å²) < 4.78 is 15.9. The predicted molar refractivity (Wildman–Crippen MR) is 116 cm³/mol. The van der Waals surface area contributed by atoms with E-state index in [-0.39, 0.29) is 5.91 Å². The van der Waals surface area contributed by atoms with Crippen molar-refractivity contribution in [2.24, 2.45) is 0 Å². The molecule has 1 amide bonds. The lowest BCUT2D eigenvalue weighted by Crippen LogP contribution is -2.48. The van der Waals surface area contributed by atoms with Gasteiger partial charge in [-0.1, -0.05) is 6.08 Å². The number of hydrogen-bond donors (Lipinski definition) is 2.